The van der Waals surface area contributed by atoms with Gasteiger partial charge in [0.25, 0.3) is 0 Å². The van der Waals surface area contributed by atoms with Crippen molar-refractivity contribution in [2.45, 2.75) is 0 Å². The average Bonchev–Trinajstić information content (AvgIpc) is 3.56. The minimum absolute atomic E-state index is 0.599. The highest BCUT2D eigenvalue weighted by molar-refractivity contribution is 6.22. The Hall–Kier alpha value is -6.65. The summed E-state index contributed by atoms with van der Waals surface area (Å²) in [6, 6.07) is 56.9. The second-order valence-electron chi connectivity index (χ2n) is 12.4. The van der Waals surface area contributed by atoms with Gasteiger partial charge in [0.2, 0.25) is 0 Å². The van der Waals surface area contributed by atoms with Crippen molar-refractivity contribution in [3.8, 4) is 45.3 Å². The van der Waals surface area contributed by atoms with E-state index in [0.29, 0.717) is 17.5 Å². The molecule has 0 saturated carbocycles. The Morgan fingerprint density at radius 3 is 1.63 bits per heavy atom. The van der Waals surface area contributed by atoms with Crippen molar-refractivity contribution >= 4 is 54.3 Å². The van der Waals surface area contributed by atoms with Crippen LogP contribution in [-0.4, -0.2) is 15.0 Å². The van der Waals surface area contributed by atoms with Crippen molar-refractivity contribution in [3.05, 3.63) is 164 Å². The van der Waals surface area contributed by atoms with Crippen LogP contribution in [-0.2, 0) is 0 Å². The summed E-state index contributed by atoms with van der Waals surface area (Å²) in [6.45, 7) is 0. The second-order valence-corrected chi connectivity index (χ2v) is 12.4. The molecule has 228 valence electrons. The smallest absolute Gasteiger partial charge is 0.164 e. The summed E-state index contributed by atoms with van der Waals surface area (Å²) in [5.41, 5.74) is 6.54. The highest BCUT2D eigenvalue weighted by atomic mass is 16.3. The zero-order chi connectivity index (χ0) is 32.3. The van der Waals surface area contributed by atoms with Gasteiger partial charge in [0.1, 0.15) is 11.2 Å². The SMILES string of the molecule is c1ccc(-c2nc(-c3ccccc3)nc(-c3cc(-c4cc5c6ccccc6ccc5c5ccccc45)cc4oc5ccccc5c34)n2)cc1. The van der Waals surface area contributed by atoms with Gasteiger partial charge in [-0.1, -0.05) is 140 Å². The van der Waals surface area contributed by atoms with Crippen LogP contribution in [0.2, 0.25) is 0 Å². The lowest BCUT2D eigenvalue weighted by atomic mass is 9.89. The van der Waals surface area contributed by atoms with Crippen molar-refractivity contribution in [1.29, 1.82) is 0 Å². The molecule has 0 aliphatic carbocycles. The number of rotatable bonds is 4. The maximum atomic E-state index is 6.61. The van der Waals surface area contributed by atoms with Crippen molar-refractivity contribution in [2.24, 2.45) is 0 Å². The molecule has 4 heteroatoms. The van der Waals surface area contributed by atoms with Crippen molar-refractivity contribution in [3.63, 3.8) is 0 Å². The minimum Gasteiger partial charge on any atom is -0.456 e. The highest BCUT2D eigenvalue weighted by Crippen LogP contribution is 2.43. The van der Waals surface area contributed by atoms with E-state index in [1.165, 1.54) is 32.3 Å². The molecule has 0 unspecified atom stereocenters. The molecule has 0 saturated heterocycles. The normalized spacial score (nSPS) is 11.7. The molecule has 2 heterocycles. The predicted molar refractivity (Wildman–Crippen MR) is 201 cm³/mol. The molecule has 0 amide bonds. The number of furan rings is 1. The monoisotopic (exact) mass is 625 g/mol. The Balaban J connectivity index is 1.32. The van der Waals surface area contributed by atoms with Gasteiger partial charge in [-0.25, -0.2) is 15.0 Å². The van der Waals surface area contributed by atoms with Gasteiger partial charge < -0.3 is 4.42 Å². The number of hydrogen-bond donors (Lipinski definition) is 0. The zero-order valence-corrected chi connectivity index (χ0v) is 26.3. The van der Waals surface area contributed by atoms with Crippen LogP contribution in [0.4, 0.5) is 0 Å². The maximum absolute atomic E-state index is 6.61. The molecular weight excluding hydrogens is 599 g/mol. The molecule has 0 radical (unpaired) electrons. The van der Waals surface area contributed by atoms with Gasteiger partial charge in [-0.15, -0.1) is 0 Å². The first kappa shape index (κ1) is 27.5. The first-order chi connectivity index (χ1) is 24.3. The van der Waals surface area contributed by atoms with Crippen LogP contribution < -0.4 is 0 Å². The number of aromatic nitrogens is 3. The predicted octanol–water partition coefficient (Wildman–Crippen LogP) is 11.9. The Bertz CT molecular complexity index is 2820. The molecule has 10 rings (SSSR count). The van der Waals surface area contributed by atoms with E-state index in [9.17, 15) is 0 Å². The van der Waals surface area contributed by atoms with Gasteiger partial charge in [0, 0.05) is 27.5 Å². The van der Waals surface area contributed by atoms with E-state index in [4.69, 9.17) is 19.4 Å². The summed E-state index contributed by atoms with van der Waals surface area (Å²) in [7, 11) is 0. The topological polar surface area (TPSA) is 51.8 Å². The molecule has 8 aromatic carbocycles. The summed E-state index contributed by atoms with van der Waals surface area (Å²) < 4.78 is 6.61. The lowest BCUT2D eigenvalue weighted by Gasteiger charge is -2.15. The molecule has 0 aliphatic rings. The summed E-state index contributed by atoms with van der Waals surface area (Å²) in [6.07, 6.45) is 0. The molecule has 49 heavy (non-hydrogen) atoms. The van der Waals surface area contributed by atoms with E-state index in [-0.39, 0.29) is 0 Å². The summed E-state index contributed by atoms with van der Waals surface area (Å²) in [4.78, 5) is 15.3. The van der Waals surface area contributed by atoms with Crippen LogP contribution in [0.5, 0.6) is 0 Å². The van der Waals surface area contributed by atoms with E-state index in [1.807, 2.05) is 72.8 Å². The van der Waals surface area contributed by atoms with Crippen molar-refractivity contribution in [1.82, 2.24) is 15.0 Å². The number of fused-ring (bicyclic) bond motifs is 8. The standard InChI is InChI=1S/C45H27N3O/c1-3-14-29(15-4-1)43-46-44(30-16-5-2-6-17-30)48-45(47-43)39-25-31(26-41-42(39)36-21-11-12-22-40(36)49-41)37-27-38-32-18-8-7-13-28(32)23-24-35(38)33-19-9-10-20-34(33)37/h1-27H. The van der Waals surface area contributed by atoms with Crippen LogP contribution in [0.25, 0.3) is 99.5 Å². The second kappa shape index (κ2) is 11.0. The molecular formula is C45H27N3O. The van der Waals surface area contributed by atoms with E-state index in [2.05, 4.69) is 91.0 Å². The van der Waals surface area contributed by atoms with Crippen molar-refractivity contribution < 1.29 is 4.42 Å². The van der Waals surface area contributed by atoms with Crippen LogP contribution in [0.1, 0.15) is 0 Å². The zero-order valence-electron chi connectivity index (χ0n) is 26.3. The van der Waals surface area contributed by atoms with Gasteiger partial charge in [-0.2, -0.15) is 0 Å². The first-order valence-electron chi connectivity index (χ1n) is 16.4. The van der Waals surface area contributed by atoms with Gasteiger partial charge in [-0.3, -0.25) is 0 Å². The quantitative estimate of drug-likeness (QED) is 0.183. The summed E-state index contributed by atoms with van der Waals surface area (Å²) >= 11 is 0. The average molecular weight is 626 g/mol. The summed E-state index contributed by atoms with van der Waals surface area (Å²) in [5, 5.41) is 9.31. The van der Waals surface area contributed by atoms with Gasteiger partial charge >= 0.3 is 0 Å². The molecule has 2 aromatic heterocycles. The fourth-order valence-electron chi connectivity index (χ4n) is 7.22. The molecule has 0 N–H and O–H groups in total. The lowest BCUT2D eigenvalue weighted by molar-refractivity contribution is 0.669. The molecule has 4 nitrogen and oxygen atoms in total. The van der Waals surface area contributed by atoms with E-state index < -0.39 is 0 Å². The minimum atomic E-state index is 0.599. The number of hydrogen-bond acceptors (Lipinski definition) is 4. The lowest BCUT2D eigenvalue weighted by Crippen LogP contribution is -2.00. The molecule has 0 spiro atoms. The third-order valence-corrected chi connectivity index (χ3v) is 9.50. The molecule has 0 aliphatic heterocycles. The largest absolute Gasteiger partial charge is 0.456 e. The fraction of sp³-hybridized carbons (Fsp3) is 0. The van der Waals surface area contributed by atoms with Gasteiger partial charge in [-0.05, 0) is 67.7 Å². The first-order valence-corrected chi connectivity index (χ1v) is 16.4. The van der Waals surface area contributed by atoms with E-state index >= 15 is 0 Å². The highest BCUT2D eigenvalue weighted by Gasteiger charge is 2.21. The number of benzene rings is 8. The summed E-state index contributed by atoms with van der Waals surface area (Å²) in [5.74, 6) is 1.85. The van der Waals surface area contributed by atoms with Crippen LogP contribution >= 0.6 is 0 Å². The van der Waals surface area contributed by atoms with Gasteiger partial charge in [0.15, 0.2) is 17.5 Å². The van der Waals surface area contributed by atoms with E-state index in [1.54, 1.807) is 0 Å². The molecule has 10 aromatic rings. The van der Waals surface area contributed by atoms with Crippen LogP contribution in [0.15, 0.2) is 168 Å². The Morgan fingerprint density at radius 1 is 0.327 bits per heavy atom. The fourth-order valence-corrected chi connectivity index (χ4v) is 7.22. The van der Waals surface area contributed by atoms with Crippen LogP contribution in [0, 0.1) is 0 Å². The Labute approximate surface area is 282 Å². The number of nitrogens with zero attached hydrogens (tertiary/aromatic N) is 3. The Morgan fingerprint density at radius 2 is 0.898 bits per heavy atom. The Kier molecular flexibility index (Phi) is 6.15. The maximum Gasteiger partial charge on any atom is 0.164 e. The molecule has 0 bridgehead atoms. The molecule has 0 fully saturated rings. The van der Waals surface area contributed by atoms with Gasteiger partial charge in [0.05, 0.1) is 0 Å². The number of para-hydroxylation sites is 1. The third kappa shape index (κ3) is 4.49. The van der Waals surface area contributed by atoms with Crippen molar-refractivity contribution in [2.75, 3.05) is 0 Å². The van der Waals surface area contributed by atoms with E-state index in [0.717, 1.165) is 49.8 Å². The molecule has 0 atom stereocenters. The third-order valence-electron chi connectivity index (χ3n) is 9.50. The van der Waals surface area contributed by atoms with Crippen LogP contribution in [0.3, 0.4) is 0 Å².